The van der Waals surface area contributed by atoms with Crippen LogP contribution in [0.25, 0.3) is 10.9 Å². The number of rotatable bonds is 6. The topological polar surface area (TPSA) is 104 Å². The first-order valence-electron chi connectivity index (χ1n) is 7.66. The van der Waals surface area contributed by atoms with Gasteiger partial charge in [0.25, 0.3) is 5.91 Å². The van der Waals surface area contributed by atoms with Gasteiger partial charge in [-0.2, -0.15) is 5.10 Å². The number of aliphatic carboxylic acids is 1. The number of amides is 1. The van der Waals surface area contributed by atoms with E-state index in [-0.39, 0.29) is 12.3 Å². The molecule has 128 valence electrons. The van der Waals surface area contributed by atoms with Gasteiger partial charge in [0.15, 0.2) is 11.2 Å². The lowest BCUT2D eigenvalue weighted by atomic mass is 10.0. The number of carbonyl (C=O) groups is 2. The second kappa shape index (κ2) is 6.64. The van der Waals surface area contributed by atoms with Gasteiger partial charge in [-0.15, -0.1) is 0 Å². The van der Waals surface area contributed by atoms with Crippen molar-refractivity contribution in [3.8, 4) is 5.75 Å². The maximum Gasteiger partial charge on any atom is 0.332 e. The summed E-state index contributed by atoms with van der Waals surface area (Å²) in [5.74, 6) is -1.26. The van der Waals surface area contributed by atoms with Crippen LogP contribution in [0.5, 0.6) is 5.75 Å². The van der Waals surface area contributed by atoms with E-state index in [0.29, 0.717) is 16.7 Å². The van der Waals surface area contributed by atoms with Crippen LogP contribution in [0.3, 0.4) is 0 Å². The predicted octanol–water partition coefficient (Wildman–Crippen LogP) is 2.21. The number of fused-ring (bicyclic) bond motifs is 1. The van der Waals surface area contributed by atoms with Gasteiger partial charge in [-0.1, -0.05) is 36.4 Å². The Bertz CT molecular complexity index is 907. The van der Waals surface area contributed by atoms with Crippen LogP contribution in [-0.2, 0) is 4.79 Å². The van der Waals surface area contributed by atoms with Gasteiger partial charge in [-0.25, -0.2) is 4.79 Å². The van der Waals surface area contributed by atoms with Gasteiger partial charge in [0, 0.05) is 5.39 Å². The first kappa shape index (κ1) is 16.5. The zero-order valence-corrected chi connectivity index (χ0v) is 13.5. The van der Waals surface area contributed by atoms with E-state index in [0.717, 1.165) is 0 Å². The van der Waals surface area contributed by atoms with Crippen molar-refractivity contribution >= 4 is 22.8 Å². The summed E-state index contributed by atoms with van der Waals surface area (Å²) in [6.45, 7) is 1.17. The van der Waals surface area contributed by atoms with Crippen molar-refractivity contribution in [2.24, 2.45) is 0 Å². The Balaban J connectivity index is 1.78. The Kier molecular flexibility index (Phi) is 4.38. The van der Waals surface area contributed by atoms with Crippen molar-refractivity contribution in [3.05, 3.63) is 60.3 Å². The fraction of sp³-hybridized carbons (Fsp3) is 0.167. The molecule has 0 aliphatic heterocycles. The Morgan fingerprint density at radius 3 is 2.56 bits per heavy atom. The molecular formula is C18H17N3O4. The highest BCUT2D eigenvalue weighted by atomic mass is 16.5. The number of para-hydroxylation sites is 2. The number of nitrogens with zero attached hydrogens (tertiary/aromatic N) is 1. The van der Waals surface area contributed by atoms with Crippen LogP contribution < -0.4 is 10.1 Å². The van der Waals surface area contributed by atoms with Gasteiger partial charge in [-0.3, -0.25) is 9.89 Å². The van der Waals surface area contributed by atoms with Gasteiger partial charge >= 0.3 is 5.97 Å². The Morgan fingerprint density at radius 1 is 1.16 bits per heavy atom. The first-order chi connectivity index (χ1) is 12.0. The number of aromatic amines is 1. The molecule has 1 atom stereocenters. The van der Waals surface area contributed by atoms with E-state index in [2.05, 4.69) is 15.5 Å². The molecule has 25 heavy (non-hydrogen) atoms. The summed E-state index contributed by atoms with van der Waals surface area (Å²) in [4.78, 5) is 24.2. The summed E-state index contributed by atoms with van der Waals surface area (Å²) in [7, 11) is 0. The molecule has 1 amide bonds. The summed E-state index contributed by atoms with van der Waals surface area (Å²) >= 11 is 0. The molecule has 2 aromatic carbocycles. The van der Waals surface area contributed by atoms with E-state index in [4.69, 9.17) is 4.74 Å². The van der Waals surface area contributed by atoms with Crippen molar-refractivity contribution in [1.82, 2.24) is 15.5 Å². The van der Waals surface area contributed by atoms with Crippen LogP contribution in [0.1, 0.15) is 17.4 Å². The van der Waals surface area contributed by atoms with Crippen molar-refractivity contribution < 1.29 is 19.4 Å². The van der Waals surface area contributed by atoms with E-state index in [1.807, 2.05) is 12.1 Å². The van der Waals surface area contributed by atoms with Crippen LogP contribution in [0.15, 0.2) is 54.6 Å². The number of benzene rings is 2. The summed E-state index contributed by atoms with van der Waals surface area (Å²) < 4.78 is 5.51. The third kappa shape index (κ3) is 3.45. The third-order valence-electron chi connectivity index (χ3n) is 3.82. The molecule has 0 saturated heterocycles. The monoisotopic (exact) mass is 339 g/mol. The van der Waals surface area contributed by atoms with Crippen LogP contribution >= 0.6 is 0 Å². The van der Waals surface area contributed by atoms with Gasteiger partial charge in [0.2, 0.25) is 0 Å². The van der Waals surface area contributed by atoms with Gasteiger partial charge in [0.05, 0.1) is 5.52 Å². The first-order valence-corrected chi connectivity index (χ1v) is 7.66. The van der Waals surface area contributed by atoms with E-state index in [1.54, 1.807) is 42.5 Å². The van der Waals surface area contributed by atoms with E-state index in [1.165, 1.54) is 6.92 Å². The molecule has 7 heteroatoms. The lowest BCUT2D eigenvalue weighted by Gasteiger charge is -2.26. The van der Waals surface area contributed by atoms with Crippen LogP contribution in [-0.4, -0.2) is 39.3 Å². The van der Waals surface area contributed by atoms with Crippen molar-refractivity contribution in [2.75, 3.05) is 6.61 Å². The highest BCUT2D eigenvalue weighted by molar-refractivity contribution is 6.06. The lowest BCUT2D eigenvalue weighted by molar-refractivity contribution is -0.145. The largest absolute Gasteiger partial charge is 0.491 e. The number of H-pyrrole nitrogens is 1. The smallest absolute Gasteiger partial charge is 0.332 e. The van der Waals surface area contributed by atoms with E-state index < -0.39 is 17.4 Å². The minimum absolute atomic E-state index is 0.141. The van der Waals surface area contributed by atoms with Crippen molar-refractivity contribution in [2.45, 2.75) is 12.5 Å². The molecule has 3 rings (SSSR count). The standard InChI is InChI=1S/C18H17N3O4/c1-18(17(23)24,11-25-12-7-3-2-4-8-12)19-16(22)15-13-9-5-6-10-14(13)20-21-15/h2-10H,11H2,1H3,(H,19,22)(H,20,21)(H,23,24). The summed E-state index contributed by atoms with van der Waals surface area (Å²) in [6.07, 6.45) is 0. The average molecular weight is 339 g/mol. The number of carboxylic acid groups (broad SMARTS) is 1. The fourth-order valence-corrected chi connectivity index (χ4v) is 2.34. The van der Waals surface area contributed by atoms with Crippen LogP contribution in [0.2, 0.25) is 0 Å². The predicted molar refractivity (Wildman–Crippen MR) is 91.5 cm³/mol. The van der Waals surface area contributed by atoms with Crippen LogP contribution in [0.4, 0.5) is 0 Å². The number of carbonyl (C=O) groups excluding carboxylic acids is 1. The maximum atomic E-state index is 12.5. The SMILES string of the molecule is CC(COc1ccccc1)(NC(=O)c1n[nH]c2ccccc12)C(=O)O. The molecule has 0 bridgehead atoms. The Morgan fingerprint density at radius 2 is 1.84 bits per heavy atom. The number of carboxylic acids is 1. The number of aromatic nitrogens is 2. The van der Waals surface area contributed by atoms with E-state index >= 15 is 0 Å². The van der Waals surface area contributed by atoms with Crippen LogP contribution in [0, 0.1) is 0 Å². The lowest BCUT2D eigenvalue weighted by Crippen LogP contribution is -2.56. The number of hydrogen-bond donors (Lipinski definition) is 3. The van der Waals surface area contributed by atoms with Crippen molar-refractivity contribution in [1.29, 1.82) is 0 Å². The zero-order valence-electron chi connectivity index (χ0n) is 13.5. The molecule has 1 heterocycles. The highest BCUT2D eigenvalue weighted by Gasteiger charge is 2.37. The number of ether oxygens (including phenoxy) is 1. The highest BCUT2D eigenvalue weighted by Crippen LogP contribution is 2.17. The summed E-state index contributed by atoms with van der Waals surface area (Å²) in [5, 5.41) is 19.4. The second-order valence-electron chi connectivity index (χ2n) is 5.81. The Hall–Kier alpha value is -3.35. The minimum atomic E-state index is -1.60. The third-order valence-corrected chi connectivity index (χ3v) is 3.82. The summed E-state index contributed by atoms with van der Waals surface area (Å²) in [6, 6.07) is 15.9. The normalized spacial score (nSPS) is 13.2. The minimum Gasteiger partial charge on any atom is -0.491 e. The molecule has 7 nitrogen and oxygen atoms in total. The second-order valence-corrected chi connectivity index (χ2v) is 5.81. The molecule has 0 saturated carbocycles. The van der Waals surface area contributed by atoms with Gasteiger partial charge in [-0.05, 0) is 25.1 Å². The quantitative estimate of drug-likeness (QED) is 0.639. The molecule has 0 spiro atoms. The molecule has 0 aliphatic rings. The Labute approximate surface area is 143 Å². The van der Waals surface area contributed by atoms with Gasteiger partial charge in [0.1, 0.15) is 12.4 Å². The molecule has 0 fully saturated rings. The fourth-order valence-electron chi connectivity index (χ4n) is 2.34. The number of nitrogens with one attached hydrogen (secondary N) is 2. The molecule has 1 aromatic heterocycles. The molecule has 3 N–H and O–H groups in total. The molecular weight excluding hydrogens is 322 g/mol. The maximum absolute atomic E-state index is 12.5. The molecule has 0 radical (unpaired) electrons. The molecule has 0 aliphatic carbocycles. The molecule has 1 unspecified atom stereocenters. The molecule has 3 aromatic rings. The van der Waals surface area contributed by atoms with Gasteiger partial charge < -0.3 is 15.2 Å². The van der Waals surface area contributed by atoms with E-state index in [9.17, 15) is 14.7 Å². The zero-order chi connectivity index (χ0) is 17.9. The van der Waals surface area contributed by atoms with Crippen molar-refractivity contribution in [3.63, 3.8) is 0 Å². The summed E-state index contributed by atoms with van der Waals surface area (Å²) in [5.41, 5.74) is -0.763. The number of hydrogen-bond acceptors (Lipinski definition) is 4. The average Bonchev–Trinajstić information content (AvgIpc) is 3.05.